The molecule has 1 aromatic heterocycles. The number of likely N-dealkylation sites (N-methyl/N-ethyl adjacent to an activating group) is 1. The summed E-state index contributed by atoms with van der Waals surface area (Å²) in [5, 5.41) is 16.8. The predicted octanol–water partition coefficient (Wildman–Crippen LogP) is 2.63. The van der Waals surface area contributed by atoms with E-state index in [2.05, 4.69) is 34.2 Å². The maximum atomic E-state index is 13.7. The van der Waals surface area contributed by atoms with Gasteiger partial charge in [-0.1, -0.05) is 12.1 Å². The molecule has 1 aromatic carbocycles. The number of halogens is 1. The Morgan fingerprint density at radius 2 is 2.10 bits per heavy atom. The van der Waals surface area contributed by atoms with Crippen molar-refractivity contribution < 1.29 is 23.6 Å². The van der Waals surface area contributed by atoms with Gasteiger partial charge in [-0.3, -0.25) is 4.90 Å². The Hall–Kier alpha value is -2.65. The lowest BCUT2D eigenvalue weighted by Crippen LogP contribution is -2.50. The van der Waals surface area contributed by atoms with E-state index in [1.807, 2.05) is 0 Å². The van der Waals surface area contributed by atoms with E-state index in [4.69, 9.17) is 9.26 Å². The van der Waals surface area contributed by atoms with Gasteiger partial charge in [-0.25, -0.2) is 9.18 Å². The molecule has 2 heterocycles. The van der Waals surface area contributed by atoms with E-state index in [9.17, 15) is 14.3 Å². The van der Waals surface area contributed by atoms with Crippen LogP contribution in [0.1, 0.15) is 23.7 Å². The number of rotatable bonds is 8. The van der Waals surface area contributed by atoms with Gasteiger partial charge in [0.2, 0.25) is 0 Å². The molecule has 0 saturated carbocycles. The topological polar surface area (TPSA) is 91.1 Å². The molecule has 29 heavy (non-hydrogen) atoms. The zero-order chi connectivity index (χ0) is 21.0. The number of carboxylic acids is 1. The maximum absolute atomic E-state index is 13.7. The number of nitrogens with zero attached hydrogens (tertiary/aromatic N) is 3. The van der Waals surface area contributed by atoms with Crippen molar-refractivity contribution in [2.24, 2.45) is 0 Å². The van der Waals surface area contributed by atoms with Crippen LogP contribution in [0.15, 0.2) is 22.7 Å². The van der Waals surface area contributed by atoms with E-state index in [0.717, 1.165) is 32.6 Å². The Morgan fingerprint density at radius 1 is 1.38 bits per heavy atom. The molecule has 0 amide bonds. The first kappa shape index (κ1) is 21.1. The van der Waals surface area contributed by atoms with Crippen LogP contribution in [0.25, 0.3) is 11.3 Å². The first-order valence-corrected chi connectivity index (χ1v) is 9.67. The summed E-state index contributed by atoms with van der Waals surface area (Å²) in [5.41, 5.74) is 0.305. The van der Waals surface area contributed by atoms with E-state index in [1.165, 1.54) is 25.3 Å². The minimum atomic E-state index is -1.17. The van der Waals surface area contributed by atoms with Gasteiger partial charge < -0.3 is 24.6 Å². The minimum Gasteiger partial charge on any atom is -0.494 e. The van der Waals surface area contributed by atoms with Crippen molar-refractivity contribution in [1.29, 1.82) is 0 Å². The van der Waals surface area contributed by atoms with Crippen LogP contribution in [0.5, 0.6) is 5.75 Å². The smallest absolute Gasteiger partial charge is 0.343 e. The number of aromatic nitrogens is 1. The van der Waals surface area contributed by atoms with Crippen LogP contribution < -0.4 is 10.1 Å². The Bertz CT molecular complexity index is 849. The molecule has 8 nitrogen and oxygen atoms in total. The number of anilines is 1. The number of carbonyl (C=O) groups is 1. The average Bonchev–Trinajstić information content (AvgIpc) is 3.14. The molecular weight excluding hydrogens is 379 g/mol. The summed E-state index contributed by atoms with van der Waals surface area (Å²) in [4.78, 5) is 16.6. The van der Waals surface area contributed by atoms with Crippen molar-refractivity contribution in [1.82, 2.24) is 15.0 Å². The molecule has 9 heteroatoms. The first-order chi connectivity index (χ1) is 13.9. The number of aromatic carboxylic acids is 1. The van der Waals surface area contributed by atoms with Gasteiger partial charge in [0.15, 0.2) is 28.7 Å². The summed E-state index contributed by atoms with van der Waals surface area (Å²) < 4.78 is 24.0. The van der Waals surface area contributed by atoms with Crippen molar-refractivity contribution in [3.05, 3.63) is 29.6 Å². The van der Waals surface area contributed by atoms with Crippen molar-refractivity contribution >= 4 is 11.8 Å². The summed E-state index contributed by atoms with van der Waals surface area (Å²) in [6, 6.07) is 4.30. The molecular formula is C20H27FN4O4. The fraction of sp³-hybridized carbons (Fsp3) is 0.500. The summed E-state index contributed by atoms with van der Waals surface area (Å²) >= 11 is 0. The Morgan fingerprint density at radius 3 is 2.72 bits per heavy atom. The van der Waals surface area contributed by atoms with Crippen LogP contribution in [0, 0.1) is 5.82 Å². The number of hydrogen-bond donors (Lipinski definition) is 2. The molecule has 1 saturated heterocycles. The first-order valence-electron chi connectivity index (χ1n) is 9.67. The third-order valence-electron chi connectivity index (χ3n) is 5.35. The van der Waals surface area contributed by atoms with E-state index >= 15 is 0 Å². The van der Waals surface area contributed by atoms with Gasteiger partial charge in [0.1, 0.15) is 0 Å². The van der Waals surface area contributed by atoms with Gasteiger partial charge in [-0.05, 0) is 31.7 Å². The standard InChI is InChI=1S/C20H27FN4O4/c1-4-14(25-9-7-24(2)8-10-25)12-22-19-17(20(26)27)18(29-23-19)13-5-6-15(21)16(11-13)28-3/h5-6,11,14H,4,7-10,12H2,1-3H3,(H,22,23)(H,26,27). The van der Waals surface area contributed by atoms with Gasteiger partial charge in [0.05, 0.1) is 7.11 Å². The maximum Gasteiger partial charge on any atom is 0.343 e. The second-order valence-corrected chi connectivity index (χ2v) is 7.17. The molecule has 1 aliphatic heterocycles. The summed E-state index contributed by atoms with van der Waals surface area (Å²) in [7, 11) is 3.45. The largest absolute Gasteiger partial charge is 0.494 e. The number of ether oxygens (including phenoxy) is 1. The minimum absolute atomic E-state index is 0.00543. The van der Waals surface area contributed by atoms with Crippen molar-refractivity contribution in [2.45, 2.75) is 19.4 Å². The van der Waals surface area contributed by atoms with Crippen LogP contribution in [0.3, 0.4) is 0 Å². The van der Waals surface area contributed by atoms with Crippen LogP contribution in [0.2, 0.25) is 0 Å². The Kier molecular flexibility index (Phi) is 6.71. The monoisotopic (exact) mass is 406 g/mol. The fourth-order valence-electron chi connectivity index (χ4n) is 3.54. The number of benzene rings is 1. The van der Waals surface area contributed by atoms with Gasteiger partial charge in [0, 0.05) is 44.3 Å². The lowest BCUT2D eigenvalue weighted by atomic mass is 10.1. The SMILES string of the molecule is CCC(CNc1noc(-c2ccc(F)c(OC)c2)c1C(=O)O)N1CCN(C)CC1. The highest BCUT2D eigenvalue weighted by Gasteiger charge is 2.26. The quantitative estimate of drug-likeness (QED) is 0.691. The molecule has 0 radical (unpaired) electrons. The highest BCUT2D eigenvalue weighted by atomic mass is 19.1. The number of methoxy groups -OCH3 is 1. The molecule has 1 atom stereocenters. The molecule has 2 aromatic rings. The van der Waals surface area contributed by atoms with Gasteiger partial charge in [0.25, 0.3) is 0 Å². The van der Waals surface area contributed by atoms with Gasteiger partial charge in [-0.2, -0.15) is 0 Å². The number of hydrogen-bond acceptors (Lipinski definition) is 7. The van der Waals surface area contributed by atoms with E-state index in [-0.39, 0.29) is 28.9 Å². The zero-order valence-corrected chi connectivity index (χ0v) is 16.9. The molecule has 0 spiro atoms. The fourth-order valence-corrected chi connectivity index (χ4v) is 3.54. The predicted molar refractivity (Wildman–Crippen MR) is 107 cm³/mol. The lowest BCUT2D eigenvalue weighted by Gasteiger charge is -2.37. The van der Waals surface area contributed by atoms with Crippen LogP contribution >= 0.6 is 0 Å². The highest BCUT2D eigenvalue weighted by Crippen LogP contribution is 2.32. The highest BCUT2D eigenvalue weighted by molar-refractivity contribution is 5.99. The molecule has 158 valence electrons. The lowest BCUT2D eigenvalue weighted by molar-refractivity contribution is 0.0698. The van der Waals surface area contributed by atoms with Crippen LogP contribution in [-0.2, 0) is 0 Å². The number of nitrogens with one attached hydrogen (secondary N) is 1. The zero-order valence-electron chi connectivity index (χ0n) is 16.9. The van der Waals surface area contributed by atoms with Crippen molar-refractivity contribution in [2.75, 3.05) is 52.2 Å². The second kappa shape index (κ2) is 9.23. The van der Waals surface area contributed by atoms with Crippen LogP contribution in [0.4, 0.5) is 10.2 Å². The number of piperazine rings is 1. The molecule has 3 rings (SSSR count). The summed E-state index contributed by atoms with van der Waals surface area (Å²) in [6.45, 7) is 6.64. The third kappa shape index (κ3) is 4.68. The third-order valence-corrected chi connectivity index (χ3v) is 5.35. The Balaban J connectivity index is 1.79. The molecule has 1 aliphatic rings. The van der Waals surface area contributed by atoms with Gasteiger partial charge in [-0.15, -0.1) is 0 Å². The second-order valence-electron chi connectivity index (χ2n) is 7.17. The molecule has 0 aliphatic carbocycles. The van der Waals surface area contributed by atoms with Crippen molar-refractivity contribution in [3.63, 3.8) is 0 Å². The van der Waals surface area contributed by atoms with E-state index in [1.54, 1.807) is 0 Å². The molecule has 1 unspecified atom stereocenters. The Labute approximate surface area is 169 Å². The van der Waals surface area contributed by atoms with Gasteiger partial charge >= 0.3 is 5.97 Å². The van der Waals surface area contributed by atoms with Crippen LogP contribution in [-0.4, -0.2) is 79.0 Å². The number of carboxylic acid groups (broad SMARTS) is 1. The van der Waals surface area contributed by atoms with Crippen molar-refractivity contribution in [3.8, 4) is 17.1 Å². The van der Waals surface area contributed by atoms with E-state index < -0.39 is 11.8 Å². The summed E-state index contributed by atoms with van der Waals surface area (Å²) in [6.07, 6.45) is 0.930. The van der Waals surface area contributed by atoms with E-state index in [0.29, 0.717) is 12.1 Å². The molecule has 2 N–H and O–H groups in total. The molecule has 1 fully saturated rings. The summed E-state index contributed by atoms with van der Waals surface area (Å²) in [5.74, 6) is -1.47. The normalized spacial score (nSPS) is 16.6. The average molecular weight is 406 g/mol. The molecule has 0 bridgehead atoms.